The summed E-state index contributed by atoms with van der Waals surface area (Å²) in [5.41, 5.74) is 0.440. The van der Waals surface area contributed by atoms with E-state index in [9.17, 15) is 0 Å². The van der Waals surface area contributed by atoms with Gasteiger partial charge in [-0.15, -0.1) is 0 Å². The molecule has 2 atom stereocenters. The van der Waals surface area contributed by atoms with Gasteiger partial charge in [-0.05, 0) is 37.0 Å². The summed E-state index contributed by atoms with van der Waals surface area (Å²) >= 11 is 0. The summed E-state index contributed by atoms with van der Waals surface area (Å²) in [7, 11) is 0. The molecule has 2 aliphatic rings. The van der Waals surface area contributed by atoms with E-state index in [2.05, 4.69) is 50.3 Å². The molecule has 2 aliphatic carbocycles. The van der Waals surface area contributed by atoms with Crippen LogP contribution < -0.4 is 0 Å². The molecule has 0 N–H and O–H groups in total. The van der Waals surface area contributed by atoms with Gasteiger partial charge in [0.25, 0.3) is 0 Å². The standard InChI is InChI=1S/C16H24/c1-3-13-16(2,15-11-7-8-12-15)14-9-5-4-6-10-14/h5,7-9,11-12,14-15H,3-4,6,10,13H2,1-2H3. The van der Waals surface area contributed by atoms with Gasteiger partial charge in [0, 0.05) is 5.92 Å². The minimum atomic E-state index is 0.440. The maximum atomic E-state index is 2.49. The van der Waals surface area contributed by atoms with E-state index in [0.717, 1.165) is 5.92 Å². The monoisotopic (exact) mass is 216 g/mol. The third-order valence-corrected chi connectivity index (χ3v) is 4.40. The molecule has 0 radical (unpaired) electrons. The molecule has 0 aromatic carbocycles. The summed E-state index contributed by atoms with van der Waals surface area (Å²) in [6.07, 6.45) is 20.7. The normalized spacial score (nSPS) is 28.5. The smallest absolute Gasteiger partial charge is 0.00123 e. The first-order valence-corrected chi connectivity index (χ1v) is 6.79. The SMILES string of the molecule is CCCC(C)(C1C=CC=C1)C1C=CCCC1. The van der Waals surface area contributed by atoms with Crippen molar-refractivity contribution in [1.82, 2.24) is 0 Å². The van der Waals surface area contributed by atoms with E-state index in [4.69, 9.17) is 0 Å². The molecule has 0 aliphatic heterocycles. The number of hydrogen-bond acceptors (Lipinski definition) is 0. The van der Waals surface area contributed by atoms with Crippen molar-refractivity contribution in [2.45, 2.75) is 46.0 Å². The molecule has 0 aromatic rings. The average Bonchev–Trinajstić information content (AvgIpc) is 2.84. The number of rotatable bonds is 4. The summed E-state index contributed by atoms with van der Waals surface area (Å²) in [6.45, 7) is 4.80. The highest BCUT2D eigenvalue weighted by molar-refractivity contribution is 5.22. The van der Waals surface area contributed by atoms with Gasteiger partial charge < -0.3 is 0 Å². The summed E-state index contributed by atoms with van der Waals surface area (Å²) in [5, 5.41) is 0. The van der Waals surface area contributed by atoms with Gasteiger partial charge in [-0.2, -0.15) is 0 Å². The van der Waals surface area contributed by atoms with Gasteiger partial charge in [0.15, 0.2) is 0 Å². The molecule has 0 heteroatoms. The molecule has 0 aromatic heterocycles. The van der Waals surface area contributed by atoms with Crippen molar-refractivity contribution in [3.63, 3.8) is 0 Å². The van der Waals surface area contributed by atoms with Crippen LogP contribution in [0.3, 0.4) is 0 Å². The summed E-state index contributed by atoms with van der Waals surface area (Å²) < 4.78 is 0. The third kappa shape index (κ3) is 2.16. The van der Waals surface area contributed by atoms with E-state index in [0.29, 0.717) is 11.3 Å². The molecule has 16 heavy (non-hydrogen) atoms. The fourth-order valence-electron chi connectivity index (χ4n) is 3.37. The van der Waals surface area contributed by atoms with Crippen molar-refractivity contribution in [2.24, 2.45) is 17.3 Å². The molecular weight excluding hydrogens is 192 g/mol. The highest BCUT2D eigenvalue weighted by Crippen LogP contribution is 2.46. The zero-order valence-electron chi connectivity index (χ0n) is 10.7. The van der Waals surface area contributed by atoms with Crippen LogP contribution in [0.5, 0.6) is 0 Å². The van der Waals surface area contributed by atoms with Gasteiger partial charge >= 0.3 is 0 Å². The van der Waals surface area contributed by atoms with Crippen molar-refractivity contribution < 1.29 is 0 Å². The number of allylic oxidation sites excluding steroid dienone is 6. The Hall–Kier alpha value is -0.780. The predicted molar refractivity (Wildman–Crippen MR) is 71.3 cm³/mol. The van der Waals surface area contributed by atoms with Crippen LogP contribution in [-0.2, 0) is 0 Å². The highest BCUT2D eigenvalue weighted by atomic mass is 14.4. The number of hydrogen-bond donors (Lipinski definition) is 0. The second-order valence-electron chi connectivity index (χ2n) is 5.52. The summed E-state index contributed by atoms with van der Waals surface area (Å²) in [6, 6.07) is 0. The molecule has 0 nitrogen and oxygen atoms in total. The van der Waals surface area contributed by atoms with Crippen LogP contribution in [0.1, 0.15) is 46.0 Å². The molecular formula is C16H24. The lowest BCUT2D eigenvalue weighted by Crippen LogP contribution is -2.33. The predicted octanol–water partition coefficient (Wildman–Crippen LogP) is 4.89. The Morgan fingerprint density at radius 2 is 1.94 bits per heavy atom. The van der Waals surface area contributed by atoms with Crippen LogP contribution in [0, 0.1) is 17.3 Å². The largest absolute Gasteiger partial charge is 0.0882 e. The molecule has 0 fully saturated rings. The molecule has 0 bridgehead atoms. The highest BCUT2D eigenvalue weighted by Gasteiger charge is 2.37. The van der Waals surface area contributed by atoms with Crippen LogP contribution >= 0.6 is 0 Å². The van der Waals surface area contributed by atoms with Crippen molar-refractivity contribution in [3.05, 3.63) is 36.5 Å². The van der Waals surface area contributed by atoms with Gasteiger partial charge in [-0.1, -0.05) is 56.7 Å². The van der Waals surface area contributed by atoms with Gasteiger partial charge in [0.05, 0.1) is 0 Å². The summed E-state index contributed by atoms with van der Waals surface area (Å²) in [4.78, 5) is 0. The second kappa shape index (κ2) is 5.03. The zero-order valence-corrected chi connectivity index (χ0v) is 10.7. The Labute approximate surface area is 100 Å². The van der Waals surface area contributed by atoms with E-state index in [1.807, 2.05) is 0 Å². The minimum Gasteiger partial charge on any atom is -0.0882 e. The van der Waals surface area contributed by atoms with Crippen LogP contribution in [-0.4, -0.2) is 0 Å². The topological polar surface area (TPSA) is 0 Å². The molecule has 0 saturated heterocycles. The fraction of sp³-hybridized carbons (Fsp3) is 0.625. The van der Waals surface area contributed by atoms with E-state index in [1.165, 1.54) is 32.1 Å². The van der Waals surface area contributed by atoms with Gasteiger partial charge in [-0.25, -0.2) is 0 Å². The molecule has 2 rings (SSSR count). The molecule has 88 valence electrons. The van der Waals surface area contributed by atoms with Gasteiger partial charge in [0.2, 0.25) is 0 Å². The molecule has 0 spiro atoms. The first-order chi connectivity index (χ1) is 7.77. The Bertz CT molecular complexity index is 296. The lowest BCUT2D eigenvalue weighted by Gasteiger charge is -2.41. The minimum absolute atomic E-state index is 0.440. The summed E-state index contributed by atoms with van der Waals surface area (Å²) in [5.74, 6) is 1.43. The van der Waals surface area contributed by atoms with Gasteiger partial charge in [-0.3, -0.25) is 0 Å². The van der Waals surface area contributed by atoms with Crippen molar-refractivity contribution in [2.75, 3.05) is 0 Å². The Morgan fingerprint density at radius 3 is 2.50 bits per heavy atom. The molecule has 2 unspecified atom stereocenters. The zero-order chi connectivity index (χ0) is 11.4. The lowest BCUT2D eigenvalue weighted by molar-refractivity contribution is 0.151. The van der Waals surface area contributed by atoms with Crippen LogP contribution in [0.4, 0.5) is 0 Å². The van der Waals surface area contributed by atoms with Gasteiger partial charge in [0.1, 0.15) is 0 Å². The lowest BCUT2D eigenvalue weighted by atomic mass is 9.63. The third-order valence-electron chi connectivity index (χ3n) is 4.40. The Balaban J connectivity index is 2.19. The maximum absolute atomic E-state index is 2.49. The van der Waals surface area contributed by atoms with E-state index < -0.39 is 0 Å². The van der Waals surface area contributed by atoms with Crippen LogP contribution in [0.15, 0.2) is 36.5 Å². The first-order valence-electron chi connectivity index (χ1n) is 6.79. The van der Waals surface area contributed by atoms with E-state index in [-0.39, 0.29) is 0 Å². The maximum Gasteiger partial charge on any atom is 0.00123 e. The van der Waals surface area contributed by atoms with E-state index >= 15 is 0 Å². The van der Waals surface area contributed by atoms with Crippen molar-refractivity contribution in [1.29, 1.82) is 0 Å². The fourth-order valence-corrected chi connectivity index (χ4v) is 3.37. The molecule has 0 heterocycles. The van der Waals surface area contributed by atoms with E-state index in [1.54, 1.807) is 0 Å². The Morgan fingerprint density at radius 1 is 1.19 bits per heavy atom. The quantitative estimate of drug-likeness (QED) is 0.587. The van der Waals surface area contributed by atoms with Crippen LogP contribution in [0.25, 0.3) is 0 Å². The second-order valence-corrected chi connectivity index (χ2v) is 5.52. The molecule has 0 saturated carbocycles. The first kappa shape index (κ1) is 11.7. The Kier molecular flexibility index (Phi) is 3.68. The van der Waals surface area contributed by atoms with Crippen LogP contribution in [0.2, 0.25) is 0 Å². The van der Waals surface area contributed by atoms with Crippen molar-refractivity contribution >= 4 is 0 Å². The average molecular weight is 216 g/mol. The van der Waals surface area contributed by atoms with Crippen molar-refractivity contribution in [3.8, 4) is 0 Å². The molecule has 0 amide bonds.